The van der Waals surface area contributed by atoms with Crippen LogP contribution in [-0.4, -0.2) is 12.0 Å². The number of benzene rings is 2. The summed E-state index contributed by atoms with van der Waals surface area (Å²) in [5.41, 5.74) is 2.49. The normalized spacial score (nSPS) is 11.2. The van der Waals surface area contributed by atoms with Crippen LogP contribution in [0.5, 0.6) is 0 Å². The molecule has 0 N–H and O–H groups in total. The number of rotatable bonds is 2. The minimum absolute atomic E-state index is 0.0336. The van der Waals surface area contributed by atoms with E-state index in [0.717, 1.165) is 11.1 Å². The largest absolute Gasteiger partial charge is 0.503 e. The van der Waals surface area contributed by atoms with Gasteiger partial charge in [-0.15, -0.1) is 13.2 Å². The molecule has 0 atom stereocenters. The Morgan fingerprint density at radius 2 is 1.20 bits per heavy atom. The summed E-state index contributed by atoms with van der Waals surface area (Å²) in [6.07, 6.45) is -4.60. The third-order valence-electron chi connectivity index (χ3n) is 3.04. The van der Waals surface area contributed by atoms with E-state index in [1.165, 1.54) is 0 Å². The van der Waals surface area contributed by atoms with Crippen molar-refractivity contribution >= 4 is 5.71 Å². The van der Waals surface area contributed by atoms with Crippen LogP contribution in [0.3, 0.4) is 0 Å². The molecule has 0 aliphatic carbocycles. The van der Waals surface area contributed by atoms with Gasteiger partial charge in [0.2, 0.25) is 0 Å². The Hall–Kier alpha value is -2.10. The van der Waals surface area contributed by atoms with Crippen molar-refractivity contribution in [2.75, 3.05) is 0 Å². The minimum Gasteiger partial charge on any atom is -0.183 e. The molecule has 2 aromatic rings. The van der Waals surface area contributed by atoms with Gasteiger partial charge in [0.15, 0.2) is 0 Å². The van der Waals surface area contributed by atoms with Gasteiger partial charge in [-0.3, -0.25) is 0 Å². The average molecular weight is 277 g/mol. The van der Waals surface area contributed by atoms with Crippen molar-refractivity contribution in [3.8, 4) is 0 Å². The second-order valence-corrected chi connectivity index (χ2v) is 4.56. The van der Waals surface area contributed by atoms with E-state index < -0.39 is 6.30 Å². The summed E-state index contributed by atoms with van der Waals surface area (Å²) < 4.78 is 38.3. The molecule has 4 heteroatoms. The first-order chi connectivity index (χ1) is 9.38. The van der Waals surface area contributed by atoms with Crippen LogP contribution >= 0.6 is 0 Å². The first kappa shape index (κ1) is 14.3. The van der Waals surface area contributed by atoms with E-state index in [1.54, 1.807) is 62.4 Å². The lowest BCUT2D eigenvalue weighted by Crippen LogP contribution is -2.14. The van der Waals surface area contributed by atoms with Gasteiger partial charge >= 0.3 is 6.30 Å². The predicted molar refractivity (Wildman–Crippen MR) is 74.1 cm³/mol. The molecule has 0 heterocycles. The number of nitrogens with zero attached hydrogens (tertiary/aromatic N) is 1. The van der Waals surface area contributed by atoms with Gasteiger partial charge in [0.05, 0.1) is 5.71 Å². The molecule has 2 rings (SSSR count). The lowest BCUT2D eigenvalue weighted by atomic mass is 9.95. The zero-order chi connectivity index (χ0) is 14.8. The van der Waals surface area contributed by atoms with Crippen molar-refractivity contribution < 1.29 is 13.2 Å². The smallest absolute Gasteiger partial charge is 0.183 e. The molecule has 0 spiro atoms. The molecule has 20 heavy (non-hydrogen) atoms. The topological polar surface area (TPSA) is 12.4 Å². The fraction of sp³-hybridized carbons (Fsp3) is 0.188. The Kier molecular flexibility index (Phi) is 3.93. The van der Waals surface area contributed by atoms with Crippen molar-refractivity contribution in [1.29, 1.82) is 0 Å². The van der Waals surface area contributed by atoms with Crippen LogP contribution in [0.2, 0.25) is 0 Å². The molecule has 0 bridgehead atoms. The minimum atomic E-state index is -4.60. The number of hydrogen-bond donors (Lipinski definition) is 0. The fourth-order valence-corrected chi connectivity index (χ4v) is 2.07. The van der Waals surface area contributed by atoms with Gasteiger partial charge in [-0.1, -0.05) is 48.5 Å². The maximum Gasteiger partial charge on any atom is 0.503 e. The molecule has 2 aromatic carbocycles. The molecule has 0 saturated carbocycles. The Morgan fingerprint density at radius 1 is 0.800 bits per heavy atom. The van der Waals surface area contributed by atoms with E-state index in [1.807, 2.05) is 0 Å². The quantitative estimate of drug-likeness (QED) is 0.559. The fourth-order valence-electron chi connectivity index (χ4n) is 2.07. The van der Waals surface area contributed by atoms with Crippen LogP contribution in [0.15, 0.2) is 53.5 Å². The maximum absolute atomic E-state index is 12.8. The zero-order valence-electron chi connectivity index (χ0n) is 11.2. The summed E-state index contributed by atoms with van der Waals surface area (Å²) in [6, 6.07) is 13.9. The third-order valence-corrected chi connectivity index (χ3v) is 3.04. The van der Waals surface area contributed by atoms with Crippen molar-refractivity contribution in [3.05, 3.63) is 70.8 Å². The summed E-state index contributed by atoms with van der Waals surface area (Å²) in [5.74, 6) is 0. The molecule has 104 valence electrons. The SMILES string of the molecule is Cc1ccccc1C(=NC(F)(F)F)c1ccccc1C. The van der Waals surface area contributed by atoms with Gasteiger partial charge in [-0.25, -0.2) is 0 Å². The number of alkyl halides is 3. The molecule has 0 radical (unpaired) electrons. The van der Waals surface area contributed by atoms with E-state index >= 15 is 0 Å². The molecular formula is C16H14F3N. The Balaban J connectivity index is 2.68. The second kappa shape index (κ2) is 5.49. The molecule has 0 fully saturated rings. The molecule has 0 saturated heterocycles. The molecule has 0 aromatic heterocycles. The summed E-state index contributed by atoms with van der Waals surface area (Å²) in [6.45, 7) is 3.55. The third kappa shape index (κ3) is 3.26. The summed E-state index contributed by atoms with van der Waals surface area (Å²) in [4.78, 5) is 2.99. The second-order valence-electron chi connectivity index (χ2n) is 4.56. The maximum atomic E-state index is 12.8. The molecule has 0 unspecified atom stereocenters. The number of hydrogen-bond acceptors (Lipinski definition) is 1. The predicted octanol–water partition coefficient (Wildman–Crippen LogP) is 4.66. The van der Waals surface area contributed by atoms with Crippen LogP contribution in [0.1, 0.15) is 22.3 Å². The van der Waals surface area contributed by atoms with Gasteiger partial charge in [0.25, 0.3) is 0 Å². The van der Waals surface area contributed by atoms with Crippen molar-refractivity contribution in [2.45, 2.75) is 20.1 Å². The molecule has 0 aliphatic heterocycles. The van der Waals surface area contributed by atoms with Gasteiger partial charge in [-0.05, 0) is 25.0 Å². The van der Waals surface area contributed by atoms with E-state index in [-0.39, 0.29) is 5.71 Å². The Morgan fingerprint density at radius 3 is 1.55 bits per heavy atom. The molecule has 0 aliphatic rings. The first-order valence-corrected chi connectivity index (χ1v) is 6.17. The monoisotopic (exact) mass is 277 g/mol. The Labute approximate surface area is 115 Å². The Bertz CT molecular complexity index is 595. The average Bonchev–Trinajstić information content (AvgIpc) is 2.37. The summed E-state index contributed by atoms with van der Waals surface area (Å²) in [7, 11) is 0. The van der Waals surface area contributed by atoms with E-state index in [9.17, 15) is 13.2 Å². The van der Waals surface area contributed by atoms with E-state index in [0.29, 0.717) is 11.1 Å². The molecule has 0 amide bonds. The first-order valence-electron chi connectivity index (χ1n) is 6.17. The van der Waals surface area contributed by atoms with Crippen molar-refractivity contribution in [3.63, 3.8) is 0 Å². The highest BCUT2D eigenvalue weighted by atomic mass is 19.4. The van der Waals surface area contributed by atoms with Gasteiger partial charge in [0, 0.05) is 11.1 Å². The molecule has 1 nitrogen and oxygen atoms in total. The van der Waals surface area contributed by atoms with E-state index in [2.05, 4.69) is 4.99 Å². The summed E-state index contributed by atoms with van der Waals surface area (Å²) >= 11 is 0. The van der Waals surface area contributed by atoms with Crippen LogP contribution in [-0.2, 0) is 0 Å². The number of halogens is 3. The highest BCUT2D eigenvalue weighted by Crippen LogP contribution is 2.24. The highest BCUT2D eigenvalue weighted by Gasteiger charge is 2.28. The van der Waals surface area contributed by atoms with Crippen molar-refractivity contribution in [2.24, 2.45) is 4.99 Å². The zero-order valence-corrected chi connectivity index (χ0v) is 11.2. The van der Waals surface area contributed by atoms with Gasteiger partial charge in [0.1, 0.15) is 0 Å². The number of aryl methyl sites for hydroxylation is 2. The lowest BCUT2D eigenvalue weighted by molar-refractivity contribution is -0.119. The van der Waals surface area contributed by atoms with E-state index in [4.69, 9.17) is 0 Å². The van der Waals surface area contributed by atoms with Crippen LogP contribution < -0.4 is 0 Å². The van der Waals surface area contributed by atoms with Gasteiger partial charge < -0.3 is 0 Å². The van der Waals surface area contributed by atoms with Crippen LogP contribution in [0, 0.1) is 13.8 Å². The number of aliphatic imine (C=N–C) groups is 1. The highest BCUT2D eigenvalue weighted by molar-refractivity contribution is 6.14. The lowest BCUT2D eigenvalue weighted by Gasteiger charge is -2.13. The van der Waals surface area contributed by atoms with Crippen LogP contribution in [0.25, 0.3) is 0 Å². The standard InChI is InChI=1S/C16H14F3N/c1-11-7-3-5-9-13(11)15(20-16(17,18)19)14-10-6-4-8-12(14)2/h3-10H,1-2H3. The van der Waals surface area contributed by atoms with Crippen LogP contribution in [0.4, 0.5) is 13.2 Å². The molecular weight excluding hydrogens is 263 g/mol. The van der Waals surface area contributed by atoms with Crippen molar-refractivity contribution in [1.82, 2.24) is 0 Å². The van der Waals surface area contributed by atoms with Gasteiger partial charge in [-0.2, -0.15) is 4.99 Å². The summed E-state index contributed by atoms with van der Waals surface area (Å²) in [5, 5.41) is 0.